The molecule has 3 heteroatoms. The van der Waals surface area contributed by atoms with Crippen molar-refractivity contribution >= 4 is 23.1 Å². The van der Waals surface area contributed by atoms with Crippen molar-refractivity contribution < 1.29 is 4.79 Å². The Morgan fingerprint density at radius 1 is 1.35 bits per heavy atom. The zero-order valence-electron chi connectivity index (χ0n) is 10.6. The number of halogens is 1. The second-order valence-electron chi connectivity index (χ2n) is 5.41. The second kappa shape index (κ2) is 4.34. The van der Waals surface area contributed by atoms with Gasteiger partial charge in [0.1, 0.15) is 5.78 Å². The first-order valence-electron chi connectivity index (χ1n) is 5.94. The fraction of sp³-hybridized carbons (Fsp3) is 0.500. The average molecular weight is 252 g/mol. The summed E-state index contributed by atoms with van der Waals surface area (Å²) in [6.45, 7) is 7.58. The predicted molar refractivity (Wildman–Crippen MR) is 71.8 cm³/mol. The van der Waals surface area contributed by atoms with Crippen molar-refractivity contribution in [3.8, 4) is 0 Å². The lowest BCUT2D eigenvalue weighted by atomic mass is 9.82. The molecule has 1 fully saturated rings. The van der Waals surface area contributed by atoms with Gasteiger partial charge in [-0.15, -0.1) is 0 Å². The molecule has 0 unspecified atom stereocenters. The van der Waals surface area contributed by atoms with Crippen molar-refractivity contribution in [2.75, 3.05) is 18.0 Å². The van der Waals surface area contributed by atoms with Gasteiger partial charge in [-0.1, -0.05) is 31.5 Å². The molecule has 1 aromatic rings. The average Bonchev–Trinajstić information content (AvgIpc) is 2.26. The Balaban J connectivity index is 2.23. The van der Waals surface area contributed by atoms with Gasteiger partial charge >= 0.3 is 0 Å². The van der Waals surface area contributed by atoms with Gasteiger partial charge in [0.25, 0.3) is 0 Å². The van der Waals surface area contributed by atoms with Gasteiger partial charge in [0.2, 0.25) is 0 Å². The molecule has 2 rings (SSSR count). The van der Waals surface area contributed by atoms with E-state index in [0.29, 0.717) is 12.2 Å². The number of Topliss-reactive ketones (excluding diaryl/α,β-unsaturated/α-hetero) is 1. The molecular formula is C14H18ClNO. The van der Waals surface area contributed by atoms with Crippen LogP contribution < -0.4 is 4.90 Å². The number of carbonyl (C=O) groups is 1. The van der Waals surface area contributed by atoms with Gasteiger partial charge in [-0.2, -0.15) is 0 Å². The highest BCUT2D eigenvalue weighted by Gasteiger charge is 2.34. The lowest BCUT2D eigenvalue weighted by Crippen LogP contribution is -2.46. The summed E-state index contributed by atoms with van der Waals surface area (Å²) in [6, 6.07) is 6.09. The van der Waals surface area contributed by atoms with Gasteiger partial charge in [0, 0.05) is 35.6 Å². The fourth-order valence-corrected chi connectivity index (χ4v) is 2.39. The lowest BCUT2D eigenvalue weighted by molar-refractivity contribution is -0.127. The van der Waals surface area contributed by atoms with Crippen molar-refractivity contribution in [3.05, 3.63) is 28.8 Å². The van der Waals surface area contributed by atoms with Crippen molar-refractivity contribution in [2.24, 2.45) is 5.41 Å². The Labute approximate surface area is 108 Å². The molecule has 0 bridgehead atoms. The number of aryl methyl sites for hydroxylation is 1. The fourth-order valence-electron chi connectivity index (χ4n) is 2.22. The van der Waals surface area contributed by atoms with E-state index >= 15 is 0 Å². The Morgan fingerprint density at radius 2 is 2.06 bits per heavy atom. The van der Waals surface area contributed by atoms with Crippen LogP contribution >= 0.6 is 11.6 Å². The summed E-state index contributed by atoms with van der Waals surface area (Å²) in [5.41, 5.74) is 1.94. The zero-order valence-corrected chi connectivity index (χ0v) is 11.3. The highest BCUT2D eigenvalue weighted by molar-refractivity contribution is 6.31. The molecule has 17 heavy (non-hydrogen) atoms. The van der Waals surface area contributed by atoms with E-state index in [-0.39, 0.29) is 5.41 Å². The van der Waals surface area contributed by atoms with Gasteiger partial charge in [-0.05, 0) is 24.6 Å². The number of hydrogen-bond donors (Lipinski definition) is 0. The molecule has 2 nitrogen and oxygen atoms in total. The molecule has 0 aromatic heterocycles. The van der Waals surface area contributed by atoms with Crippen molar-refractivity contribution in [1.29, 1.82) is 0 Å². The molecule has 0 radical (unpaired) electrons. The number of rotatable bonds is 1. The maximum absolute atomic E-state index is 11.8. The number of piperidine rings is 1. The monoisotopic (exact) mass is 251 g/mol. The molecule has 0 spiro atoms. The topological polar surface area (TPSA) is 20.3 Å². The minimum absolute atomic E-state index is 0.254. The van der Waals surface area contributed by atoms with Crippen molar-refractivity contribution in [3.63, 3.8) is 0 Å². The van der Waals surface area contributed by atoms with E-state index in [2.05, 4.69) is 11.0 Å². The van der Waals surface area contributed by atoms with E-state index in [9.17, 15) is 4.79 Å². The van der Waals surface area contributed by atoms with Crippen LogP contribution in [0.25, 0.3) is 0 Å². The van der Waals surface area contributed by atoms with E-state index in [1.54, 1.807) is 0 Å². The van der Waals surface area contributed by atoms with Crippen LogP contribution in [-0.2, 0) is 4.79 Å². The normalized spacial score (nSPS) is 19.5. The molecular weight excluding hydrogens is 234 g/mol. The number of carbonyl (C=O) groups excluding carboxylic acids is 1. The van der Waals surface area contributed by atoms with Crippen LogP contribution in [0.3, 0.4) is 0 Å². The minimum atomic E-state index is -0.254. The Bertz CT molecular complexity index is 454. The third-order valence-corrected chi connectivity index (χ3v) is 3.88. The van der Waals surface area contributed by atoms with Gasteiger partial charge in [-0.3, -0.25) is 4.79 Å². The molecule has 1 aromatic carbocycles. The van der Waals surface area contributed by atoms with Crippen LogP contribution in [0.15, 0.2) is 18.2 Å². The van der Waals surface area contributed by atoms with Crippen LogP contribution in [-0.4, -0.2) is 18.9 Å². The van der Waals surface area contributed by atoms with Crippen molar-refractivity contribution in [2.45, 2.75) is 27.2 Å². The maximum atomic E-state index is 11.8. The summed E-state index contributed by atoms with van der Waals surface area (Å²) in [5, 5.41) is 0.789. The third-order valence-electron chi connectivity index (χ3n) is 3.47. The number of ketones is 1. The Kier molecular flexibility index (Phi) is 3.17. The molecule has 0 amide bonds. The Hall–Kier alpha value is -1.02. The summed E-state index contributed by atoms with van der Waals surface area (Å²) in [5.74, 6) is 0.354. The van der Waals surface area contributed by atoms with Crippen molar-refractivity contribution in [1.82, 2.24) is 0 Å². The van der Waals surface area contributed by atoms with Crippen LogP contribution in [0.4, 0.5) is 5.69 Å². The largest absolute Gasteiger partial charge is 0.370 e. The van der Waals surface area contributed by atoms with E-state index in [0.717, 1.165) is 29.4 Å². The first-order valence-corrected chi connectivity index (χ1v) is 6.32. The van der Waals surface area contributed by atoms with E-state index < -0.39 is 0 Å². The number of hydrogen-bond acceptors (Lipinski definition) is 2. The predicted octanol–water partition coefficient (Wildman–Crippen LogP) is 3.45. The third kappa shape index (κ3) is 2.47. The quantitative estimate of drug-likeness (QED) is 0.762. The summed E-state index contributed by atoms with van der Waals surface area (Å²) < 4.78 is 0. The highest BCUT2D eigenvalue weighted by atomic mass is 35.5. The summed E-state index contributed by atoms with van der Waals surface area (Å²) in [4.78, 5) is 14.0. The second-order valence-corrected chi connectivity index (χ2v) is 5.82. The van der Waals surface area contributed by atoms with Crippen LogP contribution in [0.1, 0.15) is 25.8 Å². The number of nitrogens with zero attached hydrogens (tertiary/aromatic N) is 1. The van der Waals surface area contributed by atoms with Gasteiger partial charge in [0.05, 0.1) is 0 Å². The molecule has 0 aliphatic carbocycles. The van der Waals surface area contributed by atoms with Crippen LogP contribution in [0.2, 0.25) is 5.02 Å². The van der Waals surface area contributed by atoms with Gasteiger partial charge < -0.3 is 4.90 Å². The van der Waals surface area contributed by atoms with Gasteiger partial charge in [0.15, 0.2) is 0 Å². The highest BCUT2D eigenvalue weighted by Crippen LogP contribution is 2.31. The number of anilines is 1. The molecule has 1 aliphatic rings. The standard InChI is InChI=1S/C14H18ClNO/c1-10-4-5-11(8-12(10)15)16-7-6-13(17)14(2,3)9-16/h4-5,8H,6-7,9H2,1-3H3. The zero-order chi connectivity index (χ0) is 12.6. The first-order chi connectivity index (χ1) is 7.90. The molecule has 1 saturated heterocycles. The van der Waals surface area contributed by atoms with E-state index in [1.165, 1.54) is 0 Å². The summed E-state index contributed by atoms with van der Waals surface area (Å²) in [7, 11) is 0. The minimum Gasteiger partial charge on any atom is -0.370 e. The van der Waals surface area contributed by atoms with Gasteiger partial charge in [-0.25, -0.2) is 0 Å². The number of benzene rings is 1. The maximum Gasteiger partial charge on any atom is 0.142 e. The summed E-state index contributed by atoms with van der Waals surface area (Å²) in [6.07, 6.45) is 0.624. The van der Waals surface area contributed by atoms with E-state index in [4.69, 9.17) is 11.6 Å². The SMILES string of the molecule is Cc1ccc(N2CCC(=O)C(C)(C)C2)cc1Cl. The van der Waals surface area contributed by atoms with Crippen LogP contribution in [0, 0.1) is 12.3 Å². The molecule has 0 N–H and O–H groups in total. The molecule has 0 atom stereocenters. The van der Waals surface area contributed by atoms with Crippen LogP contribution in [0.5, 0.6) is 0 Å². The van der Waals surface area contributed by atoms with E-state index in [1.807, 2.05) is 32.9 Å². The smallest absolute Gasteiger partial charge is 0.142 e. The molecule has 92 valence electrons. The molecule has 0 saturated carbocycles. The Morgan fingerprint density at radius 3 is 2.65 bits per heavy atom. The lowest BCUT2D eigenvalue weighted by Gasteiger charge is -2.38. The molecule has 1 aliphatic heterocycles. The molecule has 1 heterocycles. The summed E-state index contributed by atoms with van der Waals surface area (Å²) >= 11 is 6.14. The first kappa shape index (κ1) is 12.4.